The summed E-state index contributed by atoms with van der Waals surface area (Å²) in [6.07, 6.45) is 2.42. The van der Waals surface area contributed by atoms with Crippen LogP contribution in [0.15, 0.2) is 42.5 Å². The smallest absolute Gasteiger partial charge is 0.254 e. The summed E-state index contributed by atoms with van der Waals surface area (Å²) in [4.78, 5) is 39.3. The molecule has 2 aromatic carbocycles. The fourth-order valence-electron chi connectivity index (χ4n) is 4.28. The van der Waals surface area contributed by atoms with Crippen LogP contribution in [0.1, 0.15) is 51.1 Å². The lowest BCUT2D eigenvalue weighted by Crippen LogP contribution is -2.43. The molecule has 1 fully saturated rings. The van der Waals surface area contributed by atoms with Crippen molar-refractivity contribution in [2.75, 3.05) is 20.2 Å². The number of hydrogen-bond acceptors (Lipinski definition) is 4. The number of likely N-dealkylation sites (tertiary alicyclic amines) is 1. The Labute approximate surface area is 176 Å². The van der Waals surface area contributed by atoms with Crippen molar-refractivity contribution in [1.29, 1.82) is 0 Å². The number of piperidine rings is 1. The van der Waals surface area contributed by atoms with Gasteiger partial charge in [-0.2, -0.15) is 0 Å². The van der Waals surface area contributed by atoms with Gasteiger partial charge in [0.2, 0.25) is 5.91 Å². The Kier molecular flexibility index (Phi) is 5.84. The van der Waals surface area contributed by atoms with Crippen molar-refractivity contribution in [3.63, 3.8) is 0 Å². The predicted octanol–water partition coefficient (Wildman–Crippen LogP) is 2.99. The topological polar surface area (TPSA) is 75.7 Å². The summed E-state index contributed by atoms with van der Waals surface area (Å²) < 4.78 is 5.14. The first-order valence-electron chi connectivity index (χ1n) is 10.4. The van der Waals surface area contributed by atoms with E-state index in [4.69, 9.17) is 4.74 Å². The van der Waals surface area contributed by atoms with E-state index in [9.17, 15) is 14.4 Å². The molecule has 0 saturated carbocycles. The molecule has 6 heteroatoms. The van der Waals surface area contributed by atoms with Crippen molar-refractivity contribution in [1.82, 2.24) is 10.2 Å². The van der Waals surface area contributed by atoms with Crippen molar-refractivity contribution >= 4 is 17.6 Å². The Morgan fingerprint density at radius 3 is 2.50 bits per heavy atom. The molecule has 1 N–H and O–H groups in total. The molecule has 2 aliphatic rings. The number of nitrogens with zero attached hydrogens (tertiary/aromatic N) is 1. The number of Topliss-reactive ketones (excluding diaryl/α,β-unsaturated/α-hetero) is 1. The molecule has 1 aliphatic carbocycles. The normalized spacial score (nSPS) is 16.3. The van der Waals surface area contributed by atoms with Gasteiger partial charge in [0, 0.05) is 43.1 Å². The van der Waals surface area contributed by atoms with E-state index >= 15 is 0 Å². The van der Waals surface area contributed by atoms with Crippen LogP contribution in [-0.4, -0.2) is 42.7 Å². The van der Waals surface area contributed by atoms with E-state index in [0.29, 0.717) is 56.4 Å². The van der Waals surface area contributed by atoms with Gasteiger partial charge in [-0.25, -0.2) is 0 Å². The Bertz CT molecular complexity index is 960. The van der Waals surface area contributed by atoms with Crippen molar-refractivity contribution in [3.8, 4) is 5.75 Å². The van der Waals surface area contributed by atoms with Crippen LogP contribution >= 0.6 is 0 Å². The van der Waals surface area contributed by atoms with Crippen LogP contribution in [-0.2, 0) is 17.8 Å². The number of fused-ring (bicyclic) bond motifs is 1. The zero-order valence-corrected chi connectivity index (χ0v) is 17.1. The summed E-state index contributed by atoms with van der Waals surface area (Å²) in [5.41, 5.74) is 3.23. The minimum Gasteiger partial charge on any atom is -0.497 e. The van der Waals surface area contributed by atoms with Crippen LogP contribution in [0.3, 0.4) is 0 Å². The maximum absolute atomic E-state index is 13.0. The molecule has 1 saturated heterocycles. The number of ketones is 1. The lowest BCUT2D eigenvalue weighted by atomic mass is 9.94. The predicted molar refractivity (Wildman–Crippen MR) is 113 cm³/mol. The standard InChI is InChI=1S/C24H26N2O4/c1-30-18-7-5-16(6-8-18)15-25-23(28)17-11-13-26(14-12-17)24(29)21-4-2-3-20-19(21)9-10-22(20)27/h2-8,17H,9-15H2,1H3,(H,25,28). The van der Waals surface area contributed by atoms with Crippen LogP contribution in [0, 0.1) is 5.92 Å². The van der Waals surface area contributed by atoms with Gasteiger partial charge < -0.3 is 15.0 Å². The molecule has 30 heavy (non-hydrogen) atoms. The van der Waals surface area contributed by atoms with Crippen molar-refractivity contribution < 1.29 is 19.1 Å². The monoisotopic (exact) mass is 406 g/mol. The lowest BCUT2D eigenvalue weighted by Gasteiger charge is -2.32. The number of carbonyl (C=O) groups is 3. The molecule has 4 rings (SSSR count). The van der Waals surface area contributed by atoms with Gasteiger partial charge in [-0.05, 0) is 48.6 Å². The van der Waals surface area contributed by atoms with Gasteiger partial charge >= 0.3 is 0 Å². The third kappa shape index (κ3) is 4.08. The van der Waals surface area contributed by atoms with Gasteiger partial charge in [0.25, 0.3) is 5.91 Å². The third-order valence-electron chi connectivity index (χ3n) is 6.09. The molecule has 0 radical (unpaired) electrons. The van der Waals surface area contributed by atoms with Gasteiger partial charge in [-0.3, -0.25) is 14.4 Å². The van der Waals surface area contributed by atoms with Crippen LogP contribution < -0.4 is 10.1 Å². The molecule has 0 spiro atoms. The maximum Gasteiger partial charge on any atom is 0.254 e. The Morgan fingerprint density at radius 1 is 1.07 bits per heavy atom. The number of amides is 2. The molecule has 1 aliphatic heterocycles. The molecule has 0 bridgehead atoms. The Balaban J connectivity index is 1.31. The van der Waals surface area contributed by atoms with Crippen LogP contribution in [0.5, 0.6) is 5.75 Å². The van der Waals surface area contributed by atoms with Gasteiger partial charge in [0.1, 0.15) is 5.75 Å². The van der Waals surface area contributed by atoms with E-state index < -0.39 is 0 Å². The van der Waals surface area contributed by atoms with Crippen molar-refractivity contribution in [3.05, 3.63) is 64.7 Å². The van der Waals surface area contributed by atoms with Crippen LogP contribution in [0.2, 0.25) is 0 Å². The Hall–Kier alpha value is -3.15. The molecular formula is C24H26N2O4. The number of carbonyl (C=O) groups excluding carboxylic acids is 3. The van der Waals surface area contributed by atoms with Gasteiger partial charge in [0.05, 0.1) is 7.11 Å². The first kappa shape index (κ1) is 20.1. The maximum atomic E-state index is 13.0. The van der Waals surface area contributed by atoms with Crippen molar-refractivity contribution in [2.45, 2.75) is 32.2 Å². The quantitative estimate of drug-likeness (QED) is 0.828. The Morgan fingerprint density at radius 2 is 1.80 bits per heavy atom. The average Bonchev–Trinajstić information content (AvgIpc) is 3.18. The van der Waals surface area contributed by atoms with Crippen molar-refractivity contribution in [2.24, 2.45) is 5.92 Å². The largest absolute Gasteiger partial charge is 0.497 e. The second-order valence-corrected chi connectivity index (χ2v) is 7.89. The average molecular weight is 406 g/mol. The molecule has 0 aromatic heterocycles. The number of ether oxygens (including phenoxy) is 1. The fourth-order valence-corrected chi connectivity index (χ4v) is 4.28. The second kappa shape index (κ2) is 8.69. The summed E-state index contributed by atoms with van der Waals surface area (Å²) >= 11 is 0. The summed E-state index contributed by atoms with van der Waals surface area (Å²) in [5, 5.41) is 3.00. The minimum absolute atomic E-state index is 0.0290. The van der Waals surface area contributed by atoms with E-state index in [1.807, 2.05) is 35.2 Å². The zero-order valence-electron chi connectivity index (χ0n) is 17.1. The zero-order chi connectivity index (χ0) is 21.1. The lowest BCUT2D eigenvalue weighted by molar-refractivity contribution is -0.126. The molecule has 156 valence electrons. The minimum atomic E-state index is -0.0876. The highest BCUT2D eigenvalue weighted by Gasteiger charge is 2.30. The highest BCUT2D eigenvalue weighted by atomic mass is 16.5. The number of nitrogens with one attached hydrogen (secondary N) is 1. The van der Waals surface area contributed by atoms with Crippen LogP contribution in [0.25, 0.3) is 0 Å². The second-order valence-electron chi connectivity index (χ2n) is 7.89. The van der Waals surface area contributed by atoms with Crippen LogP contribution in [0.4, 0.5) is 0 Å². The number of rotatable bonds is 5. The fraction of sp³-hybridized carbons (Fsp3) is 0.375. The van der Waals surface area contributed by atoms with E-state index in [1.165, 1.54) is 0 Å². The third-order valence-corrected chi connectivity index (χ3v) is 6.09. The van der Waals surface area contributed by atoms with Gasteiger partial charge in [-0.1, -0.05) is 24.3 Å². The first-order chi connectivity index (χ1) is 14.6. The van der Waals surface area contributed by atoms with Gasteiger partial charge in [0.15, 0.2) is 5.78 Å². The molecule has 1 heterocycles. The highest BCUT2D eigenvalue weighted by molar-refractivity contribution is 6.05. The number of methoxy groups -OCH3 is 1. The summed E-state index contributed by atoms with van der Waals surface area (Å²) in [6, 6.07) is 13.0. The van der Waals surface area contributed by atoms with E-state index in [0.717, 1.165) is 16.9 Å². The van der Waals surface area contributed by atoms with E-state index in [-0.39, 0.29) is 23.5 Å². The molecule has 0 atom stereocenters. The van der Waals surface area contributed by atoms with E-state index in [2.05, 4.69) is 5.32 Å². The SMILES string of the molecule is COc1ccc(CNC(=O)C2CCN(C(=O)c3cccc4c3CCC4=O)CC2)cc1. The summed E-state index contributed by atoms with van der Waals surface area (Å²) in [5.74, 6) is 0.820. The molecular weight excluding hydrogens is 380 g/mol. The molecule has 6 nitrogen and oxygen atoms in total. The summed E-state index contributed by atoms with van der Waals surface area (Å²) in [6.45, 7) is 1.58. The summed E-state index contributed by atoms with van der Waals surface area (Å²) in [7, 11) is 1.62. The first-order valence-corrected chi connectivity index (χ1v) is 10.4. The molecule has 2 amide bonds. The number of benzene rings is 2. The van der Waals surface area contributed by atoms with E-state index in [1.54, 1.807) is 19.2 Å². The highest BCUT2D eigenvalue weighted by Crippen LogP contribution is 2.27. The van der Waals surface area contributed by atoms with Gasteiger partial charge in [-0.15, -0.1) is 0 Å². The molecule has 2 aromatic rings. The molecule has 0 unspecified atom stereocenters. The number of hydrogen-bond donors (Lipinski definition) is 1.